The Morgan fingerprint density at radius 1 is 1.25 bits per heavy atom. The normalized spacial score (nSPS) is 19.0. The molecule has 0 aromatic heterocycles. The third-order valence-corrected chi connectivity index (χ3v) is 4.25. The van der Waals surface area contributed by atoms with Gasteiger partial charge in [-0.3, -0.25) is 0 Å². The number of rotatable bonds is 5. The summed E-state index contributed by atoms with van der Waals surface area (Å²) in [5.74, 6) is 0.599. The predicted octanol–water partition coefficient (Wildman–Crippen LogP) is 3.92. The molecule has 1 aromatic carbocycles. The number of fused-ring (bicyclic) bond motifs is 1. The number of phenols is 2. The smallest absolute Gasteiger partial charge is 0.157 e. The number of phenolic OH excluding ortho intramolecular Hbond substituents is 2. The maximum Gasteiger partial charge on any atom is 0.157 e. The molecule has 20 heavy (non-hydrogen) atoms. The standard InChI is InChI=1S/C16H25NO2.ClH/c1-3-5-6-11(4-2)16-13-10-15(19)14(18)9-12(13)7-8-17-16;/h9-11,16-19H,3-8H2,1-2H3;1H. The summed E-state index contributed by atoms with van der Waals surface area (Å²) in [5, 5.41) is 23.0. The van der Waals surface area contributed by atoms with Crippen molar-refractivity contribution < 1.29 is 10.2 Å². The van der Waals surface area contributed by atoms with E-state index in [0.29, 0.717) is 12.0 Å². The minimum Gasteiger partial charge on any atom is -0.504 e. The average Bonchev–Trinajstić information content (AvgIpc) is 2.41. The van der Waals surface area contributed by atoms with Gasteiger partial charge in [-0.05, 0) is 48.6 Å². The fraction of sp³-hybridized carbons (Fsp3) is 0.625. The first-order valence-electron chi connectivity index (χ1n) is 7.45. The predicted molar refractivity (Wildman–Crippen MR) is 84.8 cm³/mol. The molecule has 1 aliphatic heterocycles. The maximum atomic E-state index is 9.75. The van der Waals surface area contributed by atoms with E-state index in [4.69, 9.17) is 0 Å². The summed E-state index contributed by atoms with van der Waals surface area (Å²) in [6.45, 7) is 5.40. The third kappa shape index (κ3) is 3.58. The Bertz CT molecular complexity index is 437. The monoisotopic (exact) mass is 299 g/mol. The second-order valence-corrected chi connectivity index (χ2v) is 5.53. The lowest BCUT2D eigenvalue weighted by molar-refractivity contribution is 0.310. The van der Waals surface area contributed by atoms with Gasteiger partial charge >= 0.3 is 0 Å². The highest BCUT2D eigenvalue weighted by Gasteiger charge is 2.27. The van der Waals surface area contributed by atoms with E-state index in [1.807, 2.05) is 0 Å². The first-order chi connectivity index (χ1) is 9.17. The lowest BCUT2D eigenvalue weighted by Gasteiger charge is -2.33. The van der Waals surface area contributed by atoms with E-state index in [-0.39, 0.29) is 23.9 Å². The zero-order valence-electron chi connectivity index (χ0n) is 12.4. The molecule has 4 heteroatoms. The van der Waals surface area contributed by atoms with E-state index in [0.717, 1.165) is 19.4 Å². The molecular weight excluding hydrogens is 274 g/mol. The lowest BCUT2D eigenvalue weighted by atomic mass is 9.82. The summed E-state index contributed by atoms with van der Waals surface area (Å²) in [6.07, 6.45) is 5.74. The highest BCUT2D eigenvalue weighted by molar-refractivity contribution is 5.85. The topological polar surface area (TPSA) is 52.5 Å². The van der Waals surface area contributed by atoms with Crippen molar-refractivity contribution in [3.8, 4) is 11.5 Å². The molecule has 1 aromatic rings. The van der Waals surface area contributed by atoms with Crippen molar-refractivity contribution in [2.45, 2.75) is 52.0 Å². The summed E-state index contributed by atoms with van der Waals surface area (Å²) in [7, 11) is 0. The van der Waals surface area contributed by atoms with Crippen LogP contribution in [-0.4, -0.2) is 16.8 Å². The summed E-state index contributed by atoms with van der Waals surface area (Å²) in [4.78, 5) is 0. The second kappa shape index (κ2) is 7.75. The zero-order valence-corrected chi connectivity index (χ0v) is 13.2. The number of aromatic hydroxyl groups is 2. The van der Waals surface area contributed by atoms with E-state index in [1.54, 1.807) is 12.1 Å². The van der Waals surface area contributed by atoms with Gasteiger partial charge in [0.2, 0.25) is 0 Å². The molecule has 0 saturated carbocycles. The summed E-state index contributed by atoms with van der Waals surface area (Å²) in [6, 6.07) is 3.79. The largest absolute Gasteiger partial charge is 0.504 e. The molecule has 2 rings (SSSR count). The van der Waals surface area contributed by atoms with Gasteiger partial charge in [0, 0.05) is 6.04 Å². The van der Waals surface area contributed by atoms with E-state index in [9.17, 15) is 10.2 Å². The lowest BCUT2D eigenvalue weighted by Crippen LogP contribution is -2.34. The van der Waals surface area contributed by atoms with Crippen molar-refractivity contribution in [1.29, 1.82) is 0 Å². The van der Waals surface area contributed by atoms with Gasteiger partial charge in [0.1, 0.15) is 0 Å². The van der Waals surface area contributed by atoms with Gasteiger partial charge < -0.3 is 15.5 Å². The van der Waals surface area contributed by atoms with Crippen molar-refractivity contribution in [1.82, 2.24) is 5.32 Å². The van der Waals surface area contributed by atoms with Gasteiger partial charge in [0.15, 0.2) is 11.5 Å². The van der Waals surface area contributed by atoms with Crippen LogP contribution in [0.2, 0.25) is 0 Å². The van der Waals surface area contributed by atoms with Crippen LogP contribution in [0, 0.1) is 5.92 Å². The van der Waals surface area contributed by atoms with Gasteiger partial charge in [-0.15, -0.1) is 12.4 Å². The Kier molecular flexibility index (Phi) is 6.63. The number of halogens is 1. The molecule has 3 N–H and O–H groups in total. The van der Waals surface area contributed by atoms with Crippen LogP contribution in [0.5, 0.6) is 11.5 Å². The SMILES string of the molecule is CCCCC(CC)C1NCCc2cc(O)c(O)cc21.Cl. The molecule has 114 valence electrons. The molecular formula is C16H26ClNO2. The van der Waals surface area contributed by atoms with Crippen LogP contribution in [0.3, 0.4) is 0 Å². The average molecular weight is 300 g/mol. The highest BCUT2D eigenvalue weighted by Crippen LogP contribution is 2.38. The molecule has 2 atom stereocenters. The first kappa shape index (κ1) is 17.1. The number of hydrogen-bond donors (Lipinski definition) is 3. The van der Waals surface area contributed by atoms with E-state index in [1.165, 1.54) is 30.4 Å². The first-order valence-corrected chi connectivity index (χ1v) is 7.45. The van der Waals surface area contributed by atoms with Crippen molar-refractivity contribution in [3.05, 3.63) is 23.3 Å². The molecule has 1 aliphatic rings. The fourth-order valence-electron chi connectivity index (χ4n) is 3.11. The molecule has 2 unspecified atom stereocenters. The molecule has 0 amide bonds. The van der Waals surface area contributed by atoms with Crippen molar-refractivity contribution in [2.24, 2.45) is 5.92 Å². The molecule has 3 nitrogen and oxygen atoms in total. The maximum absolute atomic E-state index is 9.75. The molecule has 0 fully saturated rings. The Labute approximate surface area is 127 Å². The van der Waals surface area contributed by atoms with Crippen LogP contribution in [0.4, 0.5) is 0 Å². The van der Waals surface area contributed by atoms with Crippen LogP contribution in [0.25, 0.3) is 0 Å². The van der Waals surface area contributed by atoms with Gasteiger partial charge in [-0.1, -0.05) is 33.1 Å². The molecule has 0 radical (unpaired) electrons. The van der Waals surface area contributed by atoms with Gasteiger partial charge in [0.05, 0.1) is 0 Å². The minimum atomic E-state index is -0.00204. The summed E-state index contributed by atoms with van der Waals surface area (Å²) < 4.78 is 0. The van der Waals surface area contributed by atoms with E-state index in [2.05, 4.69) is 19.2 Å². The van der Waals surface area contributed by atoms with Crippen molar-refractivity contribution in [2.75, 3.05) is 6.54 Å². The van der Waals surface area contributed by atoms with Gasteiger partial charge in [-0.2, -0.15) is 0 Å². The number of hydrogen-bond acceptors (Lipinski definition) is 3. The molecule has 1 heterocycles. The van der Waals surface area contributed by atoms with Crippen molar-refractivity contribution in [3.63, 3.8) is 0 Å². The third-order valence-electron chi connectivity index (χ3n) is 4.25. The molecule has 0 saturated heterocycles. The number of unbranched alkanes of at least 4 members (excludes halogenated alkanes) is 1. The second-order valence-electron chi connectivity index (χ2n) is 5.53. The van der Waals surface area contributed by atoms with Crippen molar-refractivity contribution >= 4 is 12.4 Å². The van der Waals surface area contributed by atoms with Gasteiger partial charge in [0.25, 0.3) is 0 Å². The molecule has 0 aliphatic carbocycles. The summed E-state index contributed by atoms with van der Waals surface area (Å²) >= 11 is 0. The quantitative estimate of drug-likeness (QED) is 0.722. The van der Waals surface area contributed by atoms with E-state index >= 15 is 0 Å². The van der Waals surface area contributed by atoms with E-state index < -0.39 is 0 Å². The highest BCUT2D eigenvalue weighted by atomic mass is 35.5. The Hall–Kier alpha value is -0.930. The number of benzene rings is 1. The van der Waals surface area contributed by atoms with Crippen LogP contribution in [0.1, 0.15) is 56.7 Å². The minimum absolute atomic E-state index is 0. The Morgan fingerprint density at radius 3 is 2.60 bits per heavy atom. The van der Waals surface area contributed by atoms with Crippen LogP contribution >= 0.6 is 12.4 Å². The van der Waals surface area contributed by atoms with Crippen LogP contribution < -0.4 is 5.32 Å². The van der Waals surface area contributed by atoms with Gasteiger partial charge in [-0.25, -0.2) is 0 Å². The van der Waals surface area contributed by atoms with Crippen LogP contribution in [-0.2, 0) is 6.42 Å². The number of nitrogens with one attached hydrogen (secondary N) is 1. The van der Waals surface area contributed by atoms with Crippen LogP contribution in [0.15, 0.2) is 12.1 Å². The Morgan fingerprint density at radius 2 is 1.95 bits per heavy atom. The molecule has 0 bridgehead atoms. The molecule has 0 spiro atoms. The summed E-state index contributed by atoms with van der Waals surface area (Å²) in [5.41, 5.74) is 2.35. The Balaban J connectivity index is 0.00000200. The zero-order chi connectivity index (χ0) is 13.8. The fourth-order valence-corrected chi connectivity index (χ4v) is 3.11.